The van der Waals surface area contributed by atoms with Crippen LogP contribution in [0.1, 0.15) is 12.8 Å². The molecule has 4 aromatic rings. The van der Waals surface area contributed by atoms with E-state index in [0.29, 0.717) is 5.92 Å². The Bertz CT molecular complexity index is 1190. The predicted molar refractivity (Wildman–Crippen MR) is 120 cm³/mol. The molecular formula is C27H26N2O+2. The molecule has 1 aliphatic rings. The number of ether oxygens (including phenoxy) is 1. The fourth-order valence-electron chi connectivity index (χ4n) is 4.26. The first-order valence-corrected chi connectivity index (χ1v) is 10.5. The van der Waals surface area contributed by atoms with Gasteiger partial charge in [-0.25, -0.2) is 4.57 Å². The molecule has 0 spiro atoms. The van der Waals surface area contributed by atoms with E-state index in [1.165, 1.54) is 34.7 Å². The lowest BCUT2D eigenvalue weighted by molar-refractivity contribution is -0.701. The molecule has 1 aliphatic carbocycles. The Morgan fingerprint density at radius 3 is 2.33 bits per heavy atom. The molecule has 5 rings (SSSR count). The molecule has 2 aromatic heterocycles. The lowest BCUT2D eigenvalue weighted by Gasteiger charge is -2.07. The van der Waals surface area contributed by atoms with Crippen molar-refractivity contribution in [3.63, 3.8) is 0 Å². The molecule has 0 N–H and O–H groups in total. The quantitative estimate of drug-likeness (QED) is 0.342. The van der Waals surface area contributed by atoms with Crippen LogP contribution < -0.4 is 13.9 Å². The third-order valence-corrected chi connectivity index (χ3v) is 5.94. The Hall–Kier alpha value is -3.46. The lowest BCUT2D eigenvalue weighted by Crippen LogP contribution is -2.35. The number of benzene rings is 2. The molecule has 0 bridgehead atoms. The van der Waals surface area contributed by atoms with Crippen LogP contribution in [0.15, 0.2) is 97.6 Å². The molecule has 3 heteroatoms. The van der Waals surface area contributed by atoms with Crippen molar-refractivity contribution in [1.82, 2.24) is 0 Å². The van der Waals surface area contributed by atoms with Crippen LogP contribution in [0.3, 0.4) is 0 Å². The van der Waals surface area contributed by atoms with Crippen LogP contribution >= 0.6 is 0 Å². The average molecular weight is 395 g/mol. The number of allylic oxidation sites excluding steroid dienone is 2. The van der Waals surface area contributed by atoms with Crippen molar-refractivity contribution in [3.05, 3.63) is 97.6 Å². The van der Waals surface area contributed by atoms with Crippen LogP contribution in [0.25, 0.3) is 27.6 Å². The minimum absolute atomic E-state index is 0.675. The zero-order valence-corrected chi connectivity index (χ0v) is 17.2. The molecule has 1 atom stereocenters. The van der Waals surface area contributed by atoms with E-state index in [-0.39, 0.29) is 0 Å². The standard InChI is InChI=1S/C27H26N2O/c1-30-25-18-24-8-4-5-9-26(24)27(19-25)29-16-12-23(13-17-29)22-10-14-28(15-11-22)20-21-6-2-3-7-21/h2,4-6,8-19,21H,3,7,20H2,1H3/q+2/t21-/m1/s1. The molecule has 2 heterocycles. The molecule has 0 unspecified atom stereocenters. The van der Waals surface area contributed by atoms with Gasteiger partial charge in [0, 0.05) is 30.2 Å². The zero-order chi connectivity index (χ0) is 20.3. The average Bonchev–Trinajstić information content (AvgIpc) is 3.32. The van der Waals surface area contributed by atoms with Gasteiger partial charge in [-0.1, -0.05) is 30.4 Å². The number of pyridine rings is 2. The Morgan fingerprint density at radius 2 is 1.63 bits per heavy atom. The molecule has 0 aliphatic heterocycles. The third-order valence-electron chi connectivity index (χ3n) is 5.94. The van der Waals surface area contributed by atoms with Gasteiger partial charge in [0.05, 0.1) is 18.6 Å². The fraction of sp³-hybridized carbons (Fsp3) is 0.185. The van der Waals surface area contributed by atoms with E-state index in [9.17, 15) is 0 Å². The van der Waals surface area contributed by atoms with Gasteiger partial charge in [-0.2, -0.15) is 4.57 Å². The summed E-state index contributed by atoms with van der Waals surface area (Å²) < 4.78 is 9.96. The summed E-state index contributed by atoms with van der Waals surface area (Å²) in [4.78, 5) is 0. The van der Waals surface area contributed by atoms with Crippen molar-refractivity contribution < 1.29 is 13.9 Å². The molecule has 2 aromatic carbocycles. The molecule has 0 radical (unpaired) electrons. The second kappa shape index (κ2) is 8.11. The number of fused-ring (bicyclic) bond motifs is 1. The highest BCUT2D eigenvalue weighted by molar-refractivity contribution is 5.89. The molecular weight excluding hydrogens is 368 g/mol. The van der Waals surface area contributed by atoms with Crippen LogP contribution in [-0.4, -0.2) is 7.11 Å². The van der Waals surface area contributed by atoms with E-state index in [1.54, 1.807) is 7.11 Å². The third kappa shape index (κ3) is 3.71. The predicted octanol–water partition coefficient (Wildman–Crippen LogP) is 5.05. The fourth-order valence-corrected chi connectivity index (χ4v) is 4.26. The Labute approximate surface area is 177 Å². The minimum Gasteiger partial charge on any atom is -0.496 e. The van der Waals surface area contributed by atoms with E-state index >= 15 is 0 Å². The molecule has 0 fully saturated rings. The Kier molecular flexibility index (Phi) is 5.02. The van der Waals surface area contributed by atoms with Crippen LogP contribution in [0.4, 0.5) is 0 Å². The van der Waals surface area contributed by atoms with Crippen molar-refractivity contribution in [1.29, 1.82) is 0 Å². The lowest BCUT2D eigenvalue weighted by atomic mass is 10.1. The maximum atomic E-state index is 5.52. The summed E-state index contributed by atoms with van der Waals surface area (Å²) in [5.74, 6) is 1.54. The van der Waals surface area contributed by atoms with Crippen LogP contribution in [-0.2, 0) is 6.54 Å². The second-order valence-corrected chi connectivity index (χ2v) is 7.91. The first kappa shape index (κ1) is 18.6. The summed E-state index contributed by atoms with van der Waals surface area (Å²) in [5.41, 5.74) is 3.56. The summed E-state index contributed by atoms with van der Waals surface area (Å²) >= 11 is 0. The van der Waals surface area contributed by atoms with Gasteiger partial charge in [-0.05, 0) is 41.5 Å². The smallest absolute Gasteiger partial charge is 0.222 e. The largest absolute Gasteiger partial charge is 0.496 e. The number of aromatic nitrogens is 2. The Balaban J connectivity index is 1.42. The van der Waals surface area contributed by atoms with Crippen molar-refractivity contribution in [3.8, 4) is 22.6 Å². The number of methoxy groups -OCH3 is 1. The molecule has 0 saturated carbocycles. The van der Waals surface area contributed by atoms with Crippen molar-refractivity contribution in [2.45, 2.75) is 19.4 Å². The van der Waals surface area contributed by atoms with Gasteiger partial charge in [0.1, 0.15) is 5.75 Å². The van der Waals surface area contributed by atoms with Gasteiger partial charge >= 0.3 is 0 Å². The summed E-state index contributed by atoms with van der Waals surface area (Å²) in [6, 6.07) is 21.3. The Morgan fingerprint density at radius 1 is 0.900 bits per heavy atom. The van der Waals surface area contributed by atoms with Gasteiger partial charge in [0.25, 0.3) is 0 Å². The SMILES string of the molecule is COc1cc(-[n+]2ccc(-c3cc[n+](C[C@@H]4C=CCC4)cc3)cc2)c2ccccc2c1. The first-order valence-electron chi connectivity index (χ1n) is 10.5. The van der Waals surface area contributed by atoms with E-state index in [2.05, 4.69) is 107 Å². The molecule has 3 nitrogen and oxygen atoms in total. The van der Waals surface area contributed by atoms with Crippen LogP contribution in [0.2, 0.25) is 0 Å². The first-order chi connectivity index (χ1) is 14.8. The van der Waals surface area contributed by atoms with Crippen molar-refractivity contribution >= 4 is 10.8 Å². The highest BCUT2D eigenvalue weighted by Crippen LogP contribution is 2.26. The van der Waals surface area contributed by atoms with Gasteiger partial charge < -0.3 is 4.74 Å². The van der Waals surface area contributed by atoms with Crippen LogP contribution in [0.5, 0.6) is 5.75 Å². The zero-order valence-electron chi connectivity index (χ0n) is 17.2. The topological polar surface area (TPSA) is 17.0 Å². The number of rotatable bonds is 5. The highest BCUT2D eigenvalue weighted by Gasteiger charge is 2.16. The van der Waals surface area contributed by atoms with E-state index < -0.39 is 0 Å². The summed E-state index contributed by atoms with van der Waals surface area (Å²) in [6.07, 6.45) is 15.8. The number of hydrogen-bond acceptors (Lipinski definition) is 1. The van der Waals surface area contributed by atoms with E-state index in [0.717, 1.165) is 18.0 Å². The second-order valence-electron chi connectivity index (χ2n) is 7.91. The van der Waals surface area contributed by atoms with E-state index in [4.69, 9.17) is 4.74 Å². The molecule has 0 saturated heterocycles. The van der Waals surface area contributed by atoms with E-state index in [1.807, 2.05) is 0 Å². The van der Waals surface area contributed by atoms with Gasteiger partial charge in [0.2, 0.25) is 5.69 Å². The molecule has 0 amide bonds. The number of nitrogens with zero attached hydrogens (tertiary/aromatic N) is 2. The number of hydrogen-bond donors (Lipinski definition) is 0. The van der Waals surface area contributed by atoms with Gasteiger partial charge in [-0.3, -0.25) is 0 Å². The maximum Gasteiger partial charge on any atom is 0.222 e. The maximum absolute atomic E-state index is 5.52. The minimum atomic E-state index is 0.675. The van der Waals surface area contributed by atoms with Gasteiger partial charge in [-0.15, -0.1) is 0 Å². The summed E-state index contributed by atoms with van der Waals surface area (Å²) in [6.45, 7) is 1.06. The van der Waals surface area contributed by atoms with Crippen molar-refractivity contribution in [2.75, 3.05) is 7.11 Å². The summed E-state index contributed by atoms with van der Waals surface area (Å²) in [7, 11) is 1.71. The summed E-state index contributed by atoms with van der Waals surface area (Å²) in [5, 5.41) is 2.38. The highest BCUT2D eigenvalue weighted by atomic mass is 16.5. The molecule has 148 valence electrons. The monoisotopic (exact) mass is 394 g/mol. The van der Waals surface area contributed by atoms with Crippen molar-refractivity contribution in [2.24, 2.45) is 5.92 Å². The molecule has 30 heavy (non-hydrogen) atoms. The normalized spacial score (nSPS) is 15.6. The van der Waals surface area contributed by atoms with Gasteiger partial charge in [0.15, 0.2) is 31.3 Å². The van der Waals surface area contributed by atoms with Crippen LogP contribution in [0, 0.1) is 5.92 Å².